The molecular formula is C16H13N3O3. The van der Waals surface area contributed by atoms with Gasteiger partial charge in [-0.05, 0) is 36.4 Å². The average molecular weight is 295 g/mol. The van der Waals surface area contributed by atoms with Crippen molar-refractivity contribution in [3.05, 3.63) is 70.8 Å². The molecule has 22 heavy (non-hydrogen) atoms. The minimum Gasteiger partial charge on any atom is -0.465 e. The van der Waals surface area contributed by atoms with Gasteiger partial charge in [0.05, 0.1) is 24.1 Å². The van der Waals surface area contributed by atoms with Gasteiger partial charge in [0.15, 0.2) is 0 Å². The quantitative estimate of drug-likeness (QED) is 0.750. The van der Waals surface area contributed by atoms with E-state index >= 15 is 0 Å². The van der Waals surface area contributed by atoms with Crippen LogP contribution >= 0.6 is 0 Å². The van der Waals surface area contributed by atoms with Crippen molar-refractivity contribution >= 4 is 5.97 Å². The molecule has 0 aliphatic heterocycles. The van der Waals surface area contributed by atoms with Crippen molar-refractivity contribution in [2.75, 3.05) is 7.11 Å². The van der Waals surface area contributed by atoms with Gasteiger partial charge >= 0.3 is 5.97 Å². The molecule has 0 unspecified atom stereocenters. The molecule has 0 aliphatic carbocycles. The molecule has 0 radical (unpaired) electrons. The molecule has 2 heterocycles. The lowest BCUT2D eigenvalue weighted by atomic mass is 10.2. The summed E-state index contributed by atoms with van der Waals surface area (Å²) in [6.07, 6.45) is 3.35. The smallest absolute Gasteiger partial charge is 0.337 e. The van der Waals surface area contributed by atoms with Crippen LogP contribution < -0.4 is 5.56 Å². The van der Waals surface area contributed by atoms with Gasteiger partial charge in [-0.3, -0.25) is 14.9 Å². The van der Waals surface area contributed by atoms with Crippen LogP contribution in [0.4, 0.5) is 0 Å². The normalized spacial score (nSPS) is 10.4. The number of H-pyrrole nitrogens is 1. The molecule has 0 saturated carbocycles. The van der Waals surface area contributed by atoms with Crippen molar-refractivity contribution < 1.29 is 9.53 Å². The maximum atomic E-state index is 12.1. The van der Waals surface area contributed by atoms with Crippen LogP contribution in [0.25, 0.3) is 16.9 Å². The lowest BCUT2D eigenvalue weighted by Crippen LogP contribution is -2.13. The van der Waals surface area contributed by atoms with Crippen molar-refractivity contribution in [3.63, 3.8) is 0 Å². The first-order valence-electron chi connectivity index (χ1n) is 6.60. The topological polar surface area (TPSA) is 77.0 Å². The summed E-state index contributed by atoms with van der Waals surface area (Å²) in [4.78, 5) is 27.6. The summed E-state index contributed by atoms with van der Waals surface area (Å²) in [6.45, 7) is 0. The highest BCUT2D eigenvalue weighted by molar-refractivity contribution is 5.89. The third-order valence-electron chi connectivity index (χ3n) is 3.24. The van der Waals surface area contributed by atoms with Gasteiger partial charge in [0.25, 0.3) is 5.56 Å². The monoisotopic (exact) mass is 295 g/mol. The largest absolute Gasteiger partial charge is 0.465 e. The number of aromatic nitrogens is 3. The summed E-state index contributed by atoms with van der Waals surface area (Å²) >= 11 is 0. The number of ether oxygens (including phenoxy) is 1. The van der Waals surface area contributed by atoms with Crippen molar-refractivity contribution in [2.24, 2.45) is 0 Å². The lowest BCUT2D eigenvalue weighted by molar-refractivity contribution is 0.0601. The van der Waals surface area contributed by atoms with Crippen LogP contribution in [0.1, 0.15) is 10.4 Å². The van der Waals surface area contributed by atoms with Crippen LogP contribution in [0.3, 0.4) is 0 Å². The fraction of sp³-hybridized carbons (Fsp3) is 0.0625. The number of methoxy groups -OCH3 is 1. The molecule has 0 amide bonds. The van der Waals surface area contributed by atoms with E-state index in [4.69, 9.17) is 0 Å². The molecule has 0 saturated heterocycles. The molecule has 110 valence electrons. The van der Waals surface area contributed by atoms with Gasteiger partial charge in [-0.15, -0.1) is 0 Å². The Bertz CT molecular complexity index is 848. The van der Waals surface area contributed by atoms with E-state index in [0.29, 0.717) is 16.9 Å². The highest BCUT2D eigenvalue weighted by Crippen LogP contribution is 2.15. The van der Waals surface area contributed by atoms with Gasteiger partial charge in [-0.2, -0.15) is 0 Å². The van der Waals surface area contributed by atoms with E-state index in [0.717, 1.165) is 5.56 Å². The zero-order chi connectivity index (χ0) is 15.5. The summed E-state index contributed by atoms with van der Waals surface area (Å²) in [6, 6.07) is 11.7. The molecule has 0 fully saturated rings. The van der Waals surface area contributed by atoms with Gasteiger partial charge in [-0.1, -0.05) is 0 Å². The zero-order valence-electron chi connectivity index (χ0n) is 11.8. The van der Waals surface area contributed by atoms with Gasteiger partial charge in [0.2, 0.25) is 0 Å². The van der Waals surface area contributed by atoms with Crippen LogP contribution in [0.15, 0.2) is 59.7 Å². The Labute approximate surface area is 126 Å². The van der Waals surface area contributed by atoms with Gasteiger partial charge in [-0.25, -0.2) is 9.48 Å². The highest BCUT2D eigenvalue weighted by atomic mass is 16.5. The summed E-state index contributed by atoms with van der Waals surface area (Å²) in [5.41, 5.74) is 2.37. The molecule has 0 aliphatic rings. The first kappa shape index (κ1) is 13.8. The molecule has 2 aromatic heterocycles. The molecule has 1 aromatic carbocycles. The fourth-order valence-corrected chi connectivity index (χ4v) is 2.12. The van der Waals surface area contributed by atoms with Crippen molar-refractivity contribution in [3.8, 4) is 16.9 Å². The van der Waals surface area contributed by atoms with Crippen molar-refractivity contribution in [1.29, 1.82) is 0 Å². The minimum absolute atomic E-state index is 0.190. The van der Waals surface area contributed by atoms with Crippen LogP contribution in [0.2, 0.25) is 0 Å². The van der Waals surface area contributed by atoms with E-state index in [2.05, 4.69) is 14.8 Å². The van der Waals surface area contributed by atoms with Gasteiger partial charge in [0, 0.05) is 24.0 Å². The number of pyridine rings is 1. The second-order valence-electron chi connectivity index (χ2n) is 4.62. The van der Waals surface area contributed by atoms with E-state index in [1.165, 1.54) is 17.9 Å². The van der Waals surface area contributed by atoms with Gasteiger partial charge in [0.1, 0.15) is 0 Å². The first-order valence-corrected chi connectivity index (χ1v) is 6.60. The number of aromatic amines is 1. The summed E-state index contributed by atoms with van der Waals surface area (Å²) in [5.74, 6) is -0.415. The van der Waals surface area contributed by atoms with Crippen molar-refractivity contribution in [2.45, 2.75) is 0 Å². The molecule has 6 heteroatoms. The molecule has 0 atom stereocenters. The number of hydrogen-bond donors (Lipinski definition) is 1. The number of benzene rings is 1. The number of nitrogens with one attached hydrogen (secondary N) is 1. The number of nitrogens with zero attached hydrogens (tertiary/aromatic N) is 2. The zero-order valence-corrected chi connectivity index (χ0v) is 11.8. The predicted octanol–water partition coefficient (Wildman–Crippen LogP) is 2.01. The maximum Gasteiger partial charge on any atom is 0.337 e. The lowest BCUT2D eigenvalue weighted by Gasteiger charge is -2.04. The molecule has 3 aromatic rings. The Morgan fingerprint density at radius 2 is 2.00 bits per heavy atom. The Balaban J connectivity index is 1.97. The van der Waals surface area contributed by atoms with E-state index < -0.39 is 5.97 Å². The highest BCUT2D eigenvalue weighted by Gasteiger charge is 2.09. The average Bonchev–Trinajstić information content (AvgIpc) is 2.97. The molecule has 1 N–H and O–H groups in total. The summed E-state index contributed by atoms with van der Waals surface area (Å²) in [5, 5.41) is 3.02. The van der Waals surface area contributed by atoms with E-state index in [1.807, 2.05) is 6.07 Å². The third kappa shape index (κ3) is 2.54. The summed E-state index contributed by atoms with van der Waals surface area (Å²) in [7, 11) is 1.33. The molecule has 0 bridgehead atoms. The van der Waals surface area contributed by atoms with Crippen LogP contribution in [0.5, 0.6) is 0 Å². The van der Waals surface area contributed by atoms with Gasteiger partial charge < -0.3 is 4.74 Å². The van der Waals surface area contributed by atoms with E-state index in [-0.39, 0.29) is 5.56 Å². The number of carbonyl (C=O) groups excluding carboxylic acids is 1. The third-order valence-corrected chi connectivity index (χ3v) is 3.24. The fourth-order valence-electron chi connectivity index (χ4n) is 2.12. The second kappa shape index (κ2) is 5.69. The Morgan fingerprint density at radius 3 is 2.64 bits per heavy atom. The van der Waals surface area contributed by atoms with Crippen LogP contribution in [0, 0.1) is 0 Å². The molecule has 6 nitrogen and oxygen atoms in total. The number of hydrogen-bond acceptors (Lipinski definition) is 4. The number of carbonyl (C=O) groups is 1. The maximum absolute atomic E-state index is 12.1. The Morgan fingerprint density at radius 1 is 1.23 bits per heavy atom. The van der Waals surface area contributed by atoms with E-state index in [9.17, 15) is 9.59 Å². The minimum atomic E-state index is -0.415. The summed E-state index contributed by atoms with van der Waals surface area (Å²) < 4.78 is 6.05. The van der Waals surface area contributed by atoms with Crippen LogP contribution in [-0.2, 0) is 4.74 Å². The molecule has 0 spiro atoms. The van der Waals surface area contributed by atoms with Crippen LogP contribution in [-0.4, -0.2) is 27.8 Å². The molecular weight excluding hydrogens is 282 g/mol. The van der Waals surface area contributed by atoms with Crippen molar-refractivity contribution in [1.82, 2.24) is 14.8 Å². The first-order chi connectivity index (χ1) is 10.7. The predicted molar refractivity (Wildman–Crippen MR) is 81.0 cm³/mol. The Kier molecular flexibility index (Phi) is 3.57. The second-order valence-corrected chi connectivity index (χ2v) is 4.62. The standard InChI is InChI=1S/C16H13N3O3/c1-22-16(21)11-4-6-13(7-5-11)19-15(20)9-14(18-19)12-3-2-8-17-10-12/h2-10,18H,1H3. The van der Waals surface area contributed by atoms with E-state index in [1.54, 1.807) is 42.7 Å². The Hall–Kier alpha value is -3.15. The number of rotatable bonds is 3. The molecule has 3 rings (SSSR count). The number of esters is 1. The SMILES string of the molecule is COC(=O)c1ccc(-n2[nH]c(-c3cccnc3)cc2=O)cc1.